The topological polar surface area (TPSA) is 90.1 Å². The highest BCUT2D eigenvalue weighted by Gasteiger charge is 2.24. The maximum Gasteiger partial charge on any atom is 0.270 e. The molecule has 3 aromatic rings. The molecule has 0 bridgehead atoms. The summed E-state index contributed by atoms with van der Waals surface area (Å²) in [6.45, 7) is 6.44. The Bertz CT molecular complexity index is 1260. The van der Waals surface area contributed by atoms with Gasteiger partial charge in [0, 0.05) is 55.2 Å². The molecule has 2 aliphatic rings. The van der Waals surface area contributed by atoms with Crippen molar-refractivity contribution in [2.75, 3.05) is 43.4 Å². The number of likely N-dealkylation sites (N-methyl/N-ethyl adjacent to an activating group) is 1. The molecular weight excluding hydrogens is 426 g/mol. The second kappa shape index (κ2) is 9.43. The number of aromatic nitrogens is 3. The van der Waals surface area contributed by atoms with E-state index in [4.69, 9.17) is 4.98 Å². The molecule has 0 atom stereocenters. The molecule has 5 rings (SSSR count). The number of nitrogens with one attached hydrogen (secondary N) is 1. The van der Waals surface area contributed by atoms with E-state index in [-0.39, 0.29) is 17.2 Å². The summed E-state index contributed by atoms with van der Waals surface area (Å²) in [5.41, 5.74) is 2.59. The van der Waals surface area contributed by atoms with Crippen molar-refractivity contribution >= 4 is 28.4 Å². The number of nitrogens with zero attached hydrogens (tertiary/aromatic N) is 6. The summed E-state index contributed by atoms with van der Waals surface area (Å²) in [5, 5.41) is 13.5. The molecule has 1 aliphatic heterocycles. The second-order valence-electron chi connectivity index (χ2n) is 9.69. The average molecular weight is 458 g/mol. The van der Waals surface area contributed by atoms with Gasteiger partial charge in [-0.05, 0) is 69.0 Å². The molecule has 0 unspecified atom stereocenters. The molecule has 1 saturated heterocycles. The van der Waals surface area contributed by atoms with Gasteiger partial charge in [-0.3, -0.25) is 9.36 Å². The number of benzene rings is 1. The smallest absolute Gasteiger partial charge is 0.270 e. The Morgan fingerprint density at radius 2 is 1.76 bits per heavy atom. The molecule has 0 radical (unpaired) electrons. The molecule has 34 heavy (non-hydrogen) atoms. The van der Waals surface area contributed by atoms with Crippen molar-refractivity contribution in [1.82, 2.24) is 19.4 Å². The number of nitriles is 1. The van der Waals surface area contributed by atoms with Crippen LogP contribution in [0.2, 0.25) is 0 Å². The fourth-order valence-electron chi connectivity index (χ4n) is 5.05. The third-order valence-corrected chi connectivity index (χ3v) is 7.24. The Hall–Kier alpha value is -3.44. The normalized spacial score (nSPS) is 21.4. The van der Waals surface area contributed by atoms with Crippen molar-refractivity contribution in [1.29, 1.82) is 5.26 Å². The maximum absolute atomic E-state index is 13.1. The molecule has 8 nitrogen and oxygen atoms in total. The second-order valence-corrected chi connectivity index (χ2v) is 9.69. The number of hydrogen-bond donors (Lipinski definition) is 1. The van der Waals surface area contributed by atoms with E-state index in [1.807, 2.05) is 12.1 Å². The van der Waals surface area contributed by atoms with Crippen molar-refractivity contribution in [2.24, 2.45) is 5.92 Å². The molecule has 2 fully saturated rings. The lowest BCUT2D eigenvalue weighted by atomic mass is 9.87. The zero-order valence-electron chi connectivity index (χ0n) is 19.9. The zero-order chi connectivity index (χ0) is 23.7. The summed E-state index contributed by atoms with van der Waals surface area (Å²) >= 11 is 0. The summed E-state index contributed by atoms with van der Waals surface area (Å²) in [5.74, 6) is 1.11. The van der Waals surface area contributed by atoms with Gasteiger partial charge in [-0.25, -0.2) is 4.98 Å². The van der Waals surface area contributed by atoms with Crippen molar-refractivity contribution in [2.45, 2.75) is 38.6 Å². The zero-order valence-corrected chi connectivity index (χ0v) is 19.9. The Morgan fingerprint density at radius 1 is 1.06 bits per heavy atom. The first-order valence-corrected chi connectivity index (χ1v) is 12.1. The minimum absolute atomic E-state index is 0.0603. The summed E-state index contributed by atoms with van der Waals surface area (Å²) < 4.78 is 1.74. The first-order valence-electron chi connectivity index (χ1n) is 12.1. The number of pyridine rings is 1. The molecule has 0 amide bonds. The van der Waals surface area contributed by atoms with E-state index < -0.39 is 0 Å². The molecule has 1 saturated carbocycles. The Balaban J connectivity index is 1.43. The standard InChI is InChI=1S/C26H31N7O/c1-18-3-7-23(8-4-18)33-24-20(15-19(16-27)25(33)34)17-28-26(30-24)29-21-5-9-22(10-6-21)32-13-11-31(2)12-14-32/h5-6,9-10,15,17-18,23H,3-4,7-8,11-14H2,1-2H3,(H,28,29,30)/t18-,23-. The van der Waals surface area contributed by atoms with Crippen LogP contribution >= 0.6 is 0 Å². The molecule has 8 heteroatoms. The number of rotatable bonds is 4. The van der Waals surface area contributed by atoms with E-state index in [0.29, 0.717) is 22.9 Å². The SMILES string of the molecule is CN1CCN(c2ccc(Nc3ncc4cc(C#N)c(=O)n([C@H]5CC[C@H](C)CC5)c4n3)cc2)CC1. The third-order valence-electron chi connectivity index (χ3n) is 7.24. The number of hydrogen-bond acceptors (Lipinski definition) is 7. The van der Waals surface area contributed by atoms with Crippen LogP contribution in [0.4, 0.5) is 17.3 Å². The van der Waals surface area contributed by atoms with Gasteiger partial charge in [-0.1, -0.05) is 6.92 Å². The van der Waals surface area contributed by atoms with Gasteiger partial charge in [0.05, 0.1) is 0 Å². The van der Waals surface area contributed by atoms with Crippen LogP contribution in [0.1, 0.15) is 44.2 Å². The lowest BCUT2D eigenvalue weighted by Gasteiger charge is -2.34. The number of anilines is 3. The van der Waals surface area contributed by atoms with Crippen molar-refractivity contribution in [3.05, 3.63) is 52.4 Å². The molecule has 1 aliphatic carbocycles. The summed E-state index contributed by atoms with van der Waals surface area (Å²) in [7, 11) is 2.16. The van der Waals surface area contributed by atoms with Gasteiger partial charge < -0.3 is 15.1 Å². The van der Waals surface area contributed by atoms with Crippen LogP contribution < -0.4 is 15.8 Å². The van der Waals surface area contributed by atoms with E-state index >= 15 is 0 Å². The van der Waals surface area contributed by atoms with Crippen LogP contribution in [-0.2, 0) is 0 Å². The van der Waals surface area contributed by atoms with Gasteiger partial charge >= 0.3 is 0 Å². The van der Waals surface area contributed by atoms with E-state index in [1.165, 1.54) is 5.69 Å². The first kappa shape index (κ1) is 22.4. The Kier molecular flexibility index (Phi) is 6.20. The largest absolute Gasteiger partial charge is 0.369 e. The van der Waals surface area contributed by atoms with Crippen LogP contribution in [-0.4, -0.2) is 52.7 Å². The molecule has 2 aromatic heterocycles. The fourth-order valence-corrected chi connectivity index (χ4v) is 5.05. The average Bonchev–Trinajstić information content (AvgIpc) is 2.86. The van der Waals surface area contributed by atoms with Crippen LogP contribution in [0.5, 0.6) is 0 Å². The predicted molar refractivity (Wildman–Crippen MR) is 135 cm³/mol. The highest BCUT2D eigenvalue weighted by molar-refractivity contribution is 5.77. The van der Waals surface area contributed by atoms with Crippen molar-refractivity contribution < 1.29 is 0 Å². The van der Waals surface area contributed by atoms with Gasteiger partial charge in [0.2, 0.25) is 5.95 Å². The summed E-state index contributed by atoms with van der Waals surface area (Å²) in [4.78, 5) is 27.1. The highest BCUT2D eigenvalue weighted by atomic mass is 16.1. The van der Waals surface area contributed by atoms with Gasteiger partial charge in [-0.15, -0.1) is 0 Å². The van der Waals surface area contributed by atoms with Crippen molar-refractivity contribution in [3.8, 4) is 6.07 Å². The monoisotopic (exact) mass is 457 g/mol. The van der Waals surface area contributed by atoms with Gasteiger partial charge in [0.15, 0.2) is 0 Å². The maximum atomic E-state index is 13.1. The minimum Gasteiger partial charge on any atom is -0.369 e. The first-order chi connectivity index (χ1) is 16.5. The quantitative estimate of drug-likeness (QED) is 0.635. The summed E-state index contributed by atoms with van der Waals surface area (Å²) in [6, 6.07) is 12.0. The minimum atomic E-state index is -0.254. The Labute approximate surface area is 199 Å². The van der Waals surface area contributed by atoms with Crippen LogP contribution in [0.3, 0.4) is 0 Å². The van der Waals surface area contributed by atoms with Gasteiger partial charge in [-0.2, -0.15) is 10.2 Å². The molecule has 3 heterocycles. The molecular formula is C26H31N7O. The number of fused-ring (bicyclic) bond motifs is 1. The molecule has 0 spiro atoms. The Morgan fingerprint density at radius 3 is 2.44 bits per heavy atom. The predicted octanol–water partition coefficient (Wildman–Crippen LogP) is 3.91. The lowest BCUT2D eigenvalue weighted by molar-refractivity contribution is 0.289. The van der Waals surface area contributed by atoms with Crippen LogP contribution in [0.25, 0.3) is 11.0 Å². The third kappa shape index (κ3) is 4.48. The molecule has 1 aromatic carbocycles. The van der Waals surface area contributed by atoms with E-state index in [2.05, 4.69) is 52.3 Å². The van der Waals surface area contributed by atoms with Crippen molar-refractivity contribution in [3.63, 3.8) is 0 Å². The summed E-state index contributed by atoms with van der Waals surface area (Å²) in [6.07, 6.45) is 5.69. The molecule has 176 valence electrons. The van der Waals surface area contributed by atoms with E-state index in [1.54, 1.807) is 16.8 Å². The van der Waals surface area contributed by atoms with Crippen LogP contribution in [0.15, 0.2) is 41.3 Å². The van der Waals surface area contributed by atoms with Gasteiger partial charge in [0.25, 0.3) is 5.56 Å². The van der Waals surface area contributed by atoms with Gasteiger partial charge in [0.1, 0.15) is 17.3 Å². The highest BCUT2D eigenvalue weighted by Crippen LogP contribution is 2.33. The lowest BCUT2D eigenvalue weighted by Crippen LogP contribution is -2.44. The number of piperazine rings is 1. The van der Waals surface area contributed by atoms with Crippen LogP contribution in [0, 0.1) is 17.2 Å². The molecule has 1 N–H and O–H groups in total. The van der Waals surface area contributed by atoms with E-state index in [9.17, 15) is 10.1 Å². The fraction of sp³-hybridized carbons (Fsp3) is 0.462. The van der Waals surface area contributed by atoms with E-state index in [0.717, 1.165) is 57.5 Å².